The van der Waals surface area contributed by atoms with Gasteiger partial charge in [0.15, 0.2) is 5.78 Å². The summed E-state index contributed by atoms with van der Waals surface area (Å²) in [6, 6.07) is 1.90. The van der Waals surface area contributed by atoms with Crippen LogP contribution >= 0.6 is 15.9 Å². The minimum atomic E-state index is -5.20. The van der Waals surface area contributed by atoms with Crippen molar-refractivity contribution in [3.63, 3.8) is 0 Å². The van der Waals surface area contributed by atoms with Crippen LogP contribution in [0.4, 0.5) is 17.6 Å². The van der Waals surface area contributed by atoms with Crippen molar-refractivity contribution < 1.29 is 45.6 Å². The fourth-order valence-corrected chi connectivity index (χ4v) is 3.09. The normalized spacial score (nSPS) is 15.4. The summed E-state index contributed by atoms with van der Waals surface area (Å²) in [6.07, 6.45) is -6.69. The second kappa shape index (κ2) is 6.29. The summed E-state index contributed by atoms with van der Waals surface area (Å²) in [5, 5.41) is 0. The zero-order valence-electron chi connectivity index (χ0n) is 9.87. The van der Waals surface area contributed by atoms with E-state index in [0.717, 1.165) is 6.07 Å². The van der Waals surface area contributed by atoms with Crippen LogP contribution in [0.5, 0.6) is 0 Å². The van der Waals surface area contributed by atoms with E-state index < -0.39 is 50.9 Å². The van der Waals surface area contributed by atoms with Crippen LogP contribution < -0.4 is 0 Å². The summed E-state index contributed by atoms with van der Waals surface area (Å²) in [6.45, 7) is 0. The molecule has 12 heteroatoms. The monoisotopic (exact) mass is 349 g/mol. The lowest BCUT2D eigenvalue weighted by Gasteiger charge is -2.13. The lowest BCUT2D eigenvalue weighted by atomic mass is 10.0. The van der Waals surface area contributed by atoms with Crippen molar-refractivity contribution in [3.8, 4) is 0 Å². The van der Waals surface area contributed by atoms with Gasteiger partial charge in [0.05, 0.1) is 0 Å². The molecule has 2 atom stereocenters. The topological polar surface area (TPSA) is 101 Å². The van der Waals surface area contributed by atoms with E-state index in [1.165, 1.54) is 0 Å². The van der Waals surface area contributed by atoms with E-state index in [1.807, 2.05) is 0 Å². The lowest BCUT2D eigenvalue weighted by molar-refractivity contribution is -0.140. The van der Waals surface area contributed by atoms with E-state index in [4.69, 9.17) is 9.79 Å². The molecule has 1 aromatic carbocycles. The quantitative estimate of drug-likeness (QED) is 0.482. The zero-order chi connectivity index (χ0) is 16.4. The van der Waals surface area contributed by atoms with Gasteiger partial charge in [-0.05, 0) is 10.4 Å². The molecule has 0 saturated heterocycles. The molecule has 1 aromatic rings. The van der Waals surface area contributed by atoms with Gasteiger partial charge in [0.25, 0.3) is 0 Å². The van der Waals surface area contributed by atoms with Crippen LogP contribution in [-0.4, -0.2) is 21.7 Å². The number of hydrogen-bond donors (Lipinski definition) is 2. The molecule has 0 saturated carbocycles. The molecule has 116 valence electrons. The predicted molar refractivity (Wildman–Crippen MR) is 61.3 cm³/mol. The number of hydrogen-bond acceptors (Lipinski definition) is 4. The molecule has 2 unspecified atom stereocenters. The second-order valence-electron chi connectivity index (χ2n) is 3.70. The highest BCUT2D eigenvalue weighted by atomic mass is 31.2. The van der Waals surface area contributed by atoms with Crippen molar-refractivity contribution in [2.45, 2.75) is 6.18 Å². The first kappa shape index (κ1) is 17.9. The molecular formula is C9H7F4O6P2+. The van der Waals surface area contributed by atoms with E-state index in [-0.39, 0.29) is 0 Å². The Morgan fingerprint density at radius 2 is 1.95 bits per heavy atom. The number of benzene rings is 1. The molecule has 0 spiro atoms. The van der Waals surface area contributed by atoms with E-state index >= 15 is 0 Å². The van der Waals surface area contributed by atoms with E-state index in [1.54, 1.807) is 0 Å². The van der Waals surface area contributed by atoms with Crippen LogP contribution in [0.25, 0.3) is 0 Å². The third-order valence-corrected chi connectivity index (χ3v) is 4.40. The summed E-state index contributed by atoms with van der Waals surface area (Å²) in [5.41, 5.74) is -3.06. The van der Waals surface area contributed by atoms with Gasteiger partial charge < -0.3 is 4.89 Å². The summed E-state index contributed by atoms with van der Waals surface area (Å²) < 4.78 is 76.4. The van der Waals surface area contributed by atoms with Gasteiger partial charge in [-0.3, -0.25) is 9.36 Å². The molecule has 0 radical (unpaired) electrons. The van der Waals surface area contributed by atoms with Gasteiger partial charge in [0, 0.05) is 10.1 Å². The Morgan fingerprint density at radius 3 is 2.43 bits per heavy atom. The Labute approximate surface area is 115 Å². The molecule has 0 aromatic heterocycles. The summed E-state index contributed by atoms with van der Waals surface area (Å²) in [7, 11) is -8.47. The van der Waals surface area contributed by atoms with Crippen molar-refractivity contribution in [2.75, 3.05) is 6.16 Å². The molecule has 1 rings (SSSR count). The minimum absolute atomic E-state index is 0.471. The van der Waals surface area contributed by atoms with Crippen LogP contribution in [-0.2, 0) is 19.6 Å². The Morgan fingerprint density at radius 1 is 1.38 bits per heavy atom. The van der Waals surface area contributed by atoms with Gasteiger partial charge in [-0.25, -0.2) is 4.39 Å². The van der Waals surface area contributed by atoms with E-state index in [0.29, 0.717) is 12.1 Å². The molecule has 0 aliphatic heterocycles. The summed E-state index contributed by atoms with van der Waals surface area (Å²) in [4.78, 5) is 29.0. The maximum absolute atomic E-state index is 13.2. The number of alkyl halides is 3. The van der Waals surface area contributed by atoms with Crippen molar-refractivity contribution in [2.24, 2.45) is 0 Å². The van der Waals surface area contributed by atoms with Crippen LogP contribution in [0, 0.1) is 5.82 Å². The highest BCUT2D eigenvalue weighted by molar-refractivity contribution is 7.60. The first-order valence-corrected chi connectivity index (χ1v) is 7.90. The molecule has 21 heavy (non-hydrogen) atoms. The van der Waals surface area contributed by atoms with Gasteiger partial charge in [-0.2, -0.15) is 13.2 Å². The Hall–Kier alpha value is -1.18. The van der Waals surface area contributed by atoms with Crippen molar-refractivity contribution >= 4 is 21.6 Å². The lowest BCUT2D eigenvalue weighted by Crippen LogP contribution is -2.17. The van der Waals surface area contributed by atoms with Crippen molar-refractivity contribution in [1.82, 2.24) is 0 Å². The maximum atomic E-state index is 13.2. The highest BCUT2D eigenvalue weighted by Crippen LogP contribution is 2.50. The predicted octanol–water partition coefficient (Wildman–Crippen LogP) is 2.88. The molecule has 0 aliphatic carbocycles. The average Bonchev–Trinajstić information content (AvgIpc) is 2.23. The Balaban J connectivity index is 3.18. The van der Waals surface area contributed by atoms with Crippen LogP contribution in [0.3, 0.4) is 0 Å². The molecule has 2 N–H and O–H groups in total. The van der Waals surface area contributed by atoms with Gasteiger partial charge in [-0.1, -0.05) is 12.1 Å². The van der Waals surface area contributed by atoms with E-state index in [2.05, 4.69) is 4.31 Å². The van der Waals surface area contributed by atoms with Gasteiger partial charge in [0.1, 0.15) is 17.5 Å². The largest absolute Gasteiger partial charge is 0.703 e. The maximum Gasteiger partial charge on any atom is 0.703 e. The number of ketones is 1. The smallest absolute Gasteiger partial charge is 0.321 e. The first-order chi connectivity index (χ1) is 9.44. The first-order valence-electron chi connectivity index (χ1n) is 5.00. The number of carbonyl (C=O) groups excluding carboxylic acids is 1. The van der Waals surface area contributed by atoms with Gasteiger partial charge >= 0.3 is 22.0 Å². The average molecular weight is 349 g/mol. The fourth-order valence-electron chi connectivity index (χ4n) is 1.45. The summed E-state index contributed by atoms with van der Waals surface area (Å²) >= 11 is 0. The fraction of sp³-hybridized carbons (Fsp3) is 0.222. The number of Topliss-reactive ketones (excluding diaryl/α,β-unsaturated/α-hetero) is 1. The molecule has 0 fully saturated rings. The van der Waals surface area contributed by atoms with Crippen LogP contribution in [0.1, 0.15) is 15.9 Å². The van der Waals surface area contributed by atoms with E-state index in [9.17, 15) is 31.5 Å². The molecule has 0 bridgehead atoms. The second-order valence-corrected chi connectivity index (χ2v) is 6.42. The third-order valence-electron chi connectivity index (χ3n) is 2.14. The molecule has 0 aliphatic rings. The Kier molecular flexibility index (Phi) is 5.35. The minimum Gasteiger partial charge on any atom is -0.321 e. The molecule has 0 amide bonds. The van der Waals surface area contributed by atoms with Crippen LogP contribution in [0.2, 0.25) is 0 Å². The van der Waals surface area contributed by atoms with Crippen molar-refractivity contribution in [1.29, 1.82) is 0 Å². The SMILES string of the molecule is O=C(CP(=O)(O)O[P+](=O)O)c1cccc(F)c1C(F)(F)F. The molecular weight excluding hydrogens is 342 g/mol. The standard InChI is InChI=1S/C9H6F4O6P2/c10-6-3-1-2-5(8(6)9(11,12)13)7(14)4-21(17,18)19-20(15)16/h1-3H,4H2,(H-,15,16,17,18)/p+1. The highest BCUT2D eigenvalue weighted by Gasteiger charge is 2.41. The Bertz CT molecular complexity index is 629. The number of carbonyl (C=O) groups is 1. The zero-order valence-corrected chi connectivity index (χ0v) is 11.7. The molecule has 6 nitrogen and oxygen atoms in total. The van der Waals surface area contributed by atoms with Crippen molar-refractivity contribution in [3.05, 3.63) is 35.1 Å². The summed E-state index contributed by atoms with van der Waals surface area (Å²) in [5.74, 6) is -3.28. The third kappa shape index (κ3) is 4.94. The number of rotatable bonds is 5. The van der Waals surface area contributed by atoms with Gasteiger partial charge in [-0.15, -0.1) is 4.89 Å². The molecule has 0 heterocycles. The van der Waals surface area contributed by atoms with Crippen LogP contribution in [0.15, 0.2) is 18.2 Å². The number of halogens is 4. The van der Waals surface area contributed by atoms with Gasteiger partial charge in [0.2, 0.25) is 0 Å².